The first-order valence-corrected chi connectivity index (χ1v) is 9.56. The number of amides is 2. The molecule has 9 nitrogen and oxygen atoms in total. The highest BCUT2D eigenvalue weighted by Gasteiger charge is 2.25. The molecule has 1 aromatic carbocycles. The highest BCUT2D eigenvalue weighted by molar-refractivity contribution is 5.85. The third-order valence-electron chi connectivity index (χ3n) is 3.99. The minimum atomic E-state index is -0.810. The number of aromatic amines is 1. The van der Waals surface area contributed by atoms with Gasteiger partial charge in [0.25, 0.3) is 0 Å². The molecule has 0 unspecified atom stereocenters. The Balaban J connectivity index is 1.64. The number of ether oxygens (including phenoxy) is 1. The van der Waals surface area contributed by atoms with E-state index in [0.29, 0.717) is 23.8 Å². The molecule has 0 aliphatic heterocycles. The van der Waals surface area contributed by atoms with Gasteiger partial charge in [-0.2, -0.15) is 0 Å². The molecule has 0 spiro atoms. The summed E-state index contributed by atoms with van der Waals surface area (Å²) in [7, 11) is 0. The maximum Gasteiger partial charge on any atom is 0.408 e. The first kappa shape index (κ1) is 21.1. The van der Waals surface area contributed by atoms with Gasteiger partial charge in [-0.1, -0.05) is 30.3 Å². The average molecular weight is 411 g/mol. The number of H-pyrrole nitrogens is 1. The van der Waals surface area contributed by atoms with Crippen molar-refractivity contribution in [1.29, 1.82) is 0 Å². The molecule has 0 saturated carbocycles. The van der Waals surface area contributed by atoms with Gasteiger partial charge < -0.3 is 19.8 Å². The molecule has 0 aliphatic carbocycles. The monoisotopic (exact) mass is 411 g/mol. The number of rotatable bonds is 7. The average Bonchev–Trinajstić information content (AvgIpc) is 3.36. The lowest BCUT2D eigenvalue weighted by atomic mass is 10.1. The van der Waals surface area contributed by atoms with E-state index in [0.717, 1.165) is 5.56 Å². The van der Waals surface area contributed by atoms with E-state index < -0.39 is 17.7 Å². The largest absolute Gasteiger partial charge is 0.461 e. The summed E-state index contributed by atoms with van der Waals surface area (Å²) in [5, 5.41) is 12.3. The number of nitrogens with one attached hydrogen (secondary N) is 3. The Morgan fingerprint density at radius 3 is 2.60 bits per heavy atom. The minimum Gasteiger partial charge on any atom is -0.461 e. The normalized spacial score (nSPS) is 12.2. The zero-order valence-corrected chi connectivity index (χ0v) is 17.1. The van der Waals surface area contributed by atoms with E-state index in [1.54, 1.807) is 32.9 Å². The molecule has 2 aromatic heterocycles. The Hall–Kier alpha value is -3.62. The lowest BCUT2D eigenvalue weighted by Crippen LogP contribution is -2.49. The summed E-state index contributed by atoms with van der Waals surface area (Å²) >= 11 is 0. The van der Waals surface area contributed by atoms with Crippen LogP contribution in [0.1, 0.15) is 32.2 Å². The zero-order chi connectivity index (χ0) is 21.6. The molecular weight excluding hydrogens is 386 g/mol. The van der Waals surface area contributed by atoms with Crippen LogP contribution in [0.15, 0.2) is 53.1 Å². The first-order valence-electron chi connectivity index (χ1n) is 9.56. The number of carbonyl (C=O) groups excluding carboxylic acids is 2. The van der Waals surface area contributed by atoms with Crippen LogP contribution in [-0.2, 0) is 22.5 Å². The summed E-state index contributed by atoms with van der Waals surface area (Å²) in [5.74, 6) is 1.03. The molecule has 2 amide bonds. The number of hydrogen-bond acceptors (Lipinski definition) is 6. The molecule has 0 fully saturated rings. The van der Waals surface area contributed by atoms with Crippen molar-refractivity contribution in [3.63, 3.8) is 0 Å². The predicted octanol–water partition coefficient (Wildman–Crippen LogP) is 2.82. The smallest absolute Gasteiger partial charge is 0.408 e. The molecule has 0 saturated heterocycles. The summed E-state index contributed by atoms with van der Waals surface area (Å²) in [6.07, 6.45) is 1.20. The van der Waals surface area contributed by atoms with Crippen molar-refractivity contribution in [3.05, 3.63) is 60.1 Å². The molecule has 30 heavy (non-hydrogen) atoms. The van der Waals surface area contributed by atoms with E-state index in [9.17, 15) is 9.59 Å². The third-order valence-corrected chi connectivity index (χ3v) is 3.99. The maximum absolute atomic E-state index is 12.8. The quantitative estimate of drug-likeness (QED) is 0.549. The van der Waals surface area contributed by atoms with Crippen LogP contribution in [0.3, 0.4) is 0 Å². The van der Waals surface area contributed by atoms with Crippen LogP contribution in [0, 0.1) is 0 Å². The molecule has 3 rings (SSSR count). The fourth-order valence-electron chi connectivity index (χ4n) is 2.69. The second-order valence-electron chi connectivity index (χ2n) is 7.69. The van der Waals surface area contributed by atoms with Crippen molar-refractivity contribution in [2.75, 3.05) is 0 Å². The van der Waals surface area contributed by atoms with Gasteiger partial charge in [0.15, 0.2) is 5.76 Å². The van der Waals surface area contributed by atoms with Gasteiger partial charge in [0, 0.05) is 6.42 Å². The lowest BCUT2D eigenvalue weighted by molar-refractivity contribution is -0.123. The molecule has 3 N–H and O–H groups in total. The van der Waals surface area contributed by atoms with Crippen LogP contribution in [0.5, 0.6) is 0 Å². The number of hydrogen-bond donors (Lipinski definition) is 3. The van der Waals surface area contributed by atoms with Crippen molar-refractivity contribution < 1.29 is 18.7 Å². The summed E-state index contributed by atoms with van der Waals surface area (Å²) in [4.78, 5) is 29.3. The lowest BCUT2D eigenvalue weighted by Gasteiger charge is -2.23. The van der Waals surface area contributed by atoms with Gasteiger partial charge in [0.05, 0.1) is 12.8 Å². The number of nitrogens with zero attached hydrogens (tertiary/aromatic N) is 2. The standard InChI is InChI=1S/C21H25N5O4/c1-21(2,3)30-20(28)23-15(12-14-8-5-4-6-9-14)19(27)22-13-17-24-18(26-25-17)16-10-7-11-29-16/h4-11,15H,12-13H2,1-3H3,(H,22,27)(H,23,28)(H,24,25,26)/t15-/m0/s1. The van der Waals surface area contributed by atoms with E-state index in [4.69, 9.17) is 9.15 Å². The van der Waals surface area contributed by atoms with E-state index in [-0.39, 0.29) is 12.5 Å². The third kappa shape index (κ3) is 6.20. The van der Waals surface area contributed by atoms with Gasteiger partial charge in [0.2, 0.25) is 11.7 Å². The zero-order valence-electron chi connectivity index (χ0n) is 17.1. The van der Waals surface area contributed by atoms with Crippen LogP contribution in [0.4, 0.5) is 4.79 Å². The van der Waals surface area contributed by atoms with Gasteiger partial charge in [-0.15, -0.1) is 5.10 Å². The van der Waals surface area contributed by atoms with Gasteiger partial charge >= 0.3 is 6.09 Å². The van der Waals surface area contributed by atoms with E-state index >= 15 is 0 Å². The maximum atomic E-state index is 12.8. The Morgan fingerprint density at radius 1 is 1.17 bits per heavy atom. The Kier molecular flexibility index (Phi) is 6.51. The molecule has 1 atom stereocenters. The SMILES string of the molecule is CC(C)(C)OC(=O)N[C@@H](Cc1ccccc1)C(=O)NCc1nc(-c2ccco2)n[nH]1. The van der Waals surface area contributed by atoms with Gasteiger partial charge in [-0.05, 0) is 38.5 Å². The fourth-order valence-corrected chi connectivity index (χ4v) is 2.69. The number of benzene rings is 1. The Labute approximate surface area is 174 Å². The van der Waals surface area contributed by atoms with Gasteiger partial charge in [0.1, 0.15) is 17.5 Å². The fraction of sp³-hybridized carbons (Fsp3) is 0.333. The number of aromatic nitrogens is 3. The molecule has 0 bridgehead atoms. The van der Waals surface area contributed by atoms with Crippen LogP contribution >= 0.6 is 0 Å². The van der Waals surface area contributed by atoms with Crippen molar-refractivity contribution in [2.45, 2.75) is 45.4 Å². The second kappa shape index (κ2) is 9.25. The number of carbonyl (C=O) groups is 2. The second-order valence-corrected chi connectivity index (χ2v) is 7.69. The highest BCUT2D eigenvalue weighted by Crippen LogP contribution is 2.14. The predicted molar refractivity (Wildman–Crippen MR) is 109 cm³/mol. The Bertz CT molecular complexity index is 961. The van der Waals surface area contributed by atoms with Gasteiger partial charge in [-0.3, -0.25) is 9.89 Å². The molecule has 2 heterocycles. The topological polar surface area (TPSA) is 122 Å². The van der Waals surface area contributed by atoms with E-state index in [1.165, 1.54) is 6.26 Å². The summed E-state index contributed by atoms with van der Waals surface area (Å²) in [6.45, 7) is 5.41. The highest BCUT2D eigenvalue weighted by atomic mass is 16.6. The van der Waals surface area contributed by atoms with Crippen molar-refractivity contribution in [1.82, 2.24) is 25.8 Å². The van der Waals surface area contributed by atoms with E-state index in [1.807, 2.05) is 30.3 Å². The Morgan fingerprint density at radius 2 is 1.93 bits per heavy atom. The molecule has 0 radical (unpaired) electrons. The minimum absolute atomic E-state index is 0.119. The summed E-state index contributed by atoms with van der Waals surface area (Å²) in [6, 6.07) is 12.1. The van der Waals surface area contributed by atoms with Crippen molar-refractivity contribution >= 4 is 12.0 Å². The molecule has 0 aliphatic rings. The number of alkyl carbamates (subject to hydrolysis) is 1. The van der Waals surface area contributed by atoms with Gasteiger partial charge in [-0.25, -0.2) is 9.78 Å². The molecular formula is C21H25N5O4. The van der Waals surface area contributed by atoms with Crippen LogP contribution in [0.25, 0.3) is 11.6 Å². The molecule has 3 aromatic rings. The van der Waals surface area contributed by atoms with Crippen LogP contribution in [0.2, 0.25) is 0 Å². The summed E-state index contributed by atoms with van der Waals surface area (Å²) in [5.41, 5.74) is 0.244. The van der Waals surface area contributed by atoms with Crippen molar-refractivity contribution in [2.24, 2.45) is 0 Å². The van der Waals surface area contributed by atoms with Crippen LogP contribution in [-0.4, -0.2) is 38.8 Å². The molecule has 158 valence electrons. The van der Waals surface area contributed by atoms with E-state index in [2.05, 4.69) is 25.8 Å². The van der Waals surface area contributed by atoms with Crippen molar-refractivity contribution in [3.8, 4) is 11.6 Å². The molecule has 9 heteroatoms. The summed E-state index contributed by atoms with van der Waals surface area (Å²) < 4.78 is 10.5. The van der Waals surface area contributed by atoms with Crippen LogP contribution < -0.4 is 10.6 Å². The first-order chi connectivity index (χ1) is 14.3. The number of furan rings is 1.